The maximum atomic E-state index is 10.4. The van der Waals surface area contributed by atoms with Crippen molar-refractivity contribution in [2.24, 2.45) is 0 Å². The fourth-order valence-corrected chi connectivity index (χ4v) is 1.68. The molecule has 4 heteroatoms. The van der Waals surface area contributed by atoms with E-state index in [1.165, 1.54) is 6.08 Å². The Labute approximate surface area is 109 Å². The van der Waals surface area contributed by atoms with E-state index in [9.17, 15) is 4.79 Å². The second-order valence-corrected chi connectivity index (χ2v) is 4.24. The van der Waals surface area contributed by atoms with Crippen molar-refractivity contribution in [1.82, 2.24) is 0 Å². The Morgan fingerprint density at radius 1 is 1.33 bits per heavy atom. The zero-order chi connectivity index (χ0) is 13.1. The van der Waals surface area contributed by atoms with Gasteiger partial charge in [0.05, 0.1) is 0 Å². The fourth-order valence-electron chi connectivity index (χ4n) is 1.50. The lowest BCUT2D eigenvalue weighted by Crippen LogP contribution is -1.84. The topological polar surface area (TPSA) is 50.4 Å². The highest BCUT2D eigenvalue weighted by atomic mass is 35.5. The van der Waals surface area contributed by atoms with E-state index in [-0.39, 0.29) is 0 Å². The molecule has 1 aromatic heterocycles. The second kappa shape index (κ2) is 5.10. The van der Waals surface area contributed by atoms with Crippen LogP contribution in [0.5, 0.6) is 0 Å². The number of halogens is 1. The average Bonchev–Trinajstić information content (AvgIpc) is 2.79. The average molecular weight is 263 g/mol. The van der Waals surface area contributed by atoms with E-state index < -0.39 is 5.97 Å². The van der Waals surface area contributed by atoms with Gasteiger partial charge in [-0.25, -0.2) is 4.79 Å². The fraction of sp³-hybridized carbons (Fsp3) is 0.0714. The number of aryl methyl sites for hydroxylation is 1. The van der Waals surface area contributed by atoms with Crippen LogP contribution in [-0.4, -0.2) is 11.1 Å². The normalized spacial score (nSPS) is 11.0. The lowest BCUT2D eigenvalue weighted by molar-refractivity contribution is -0.131. The van der Waals surface area contributed by atoms with Crippen LogP contribution in [-0.2, 0) is 4.79 Å². The Morgan fingerprint density at radius 3 is 2.78 bits per heavy atom. The molecule has 92 valence electrons. The van der Waals surface area contributed by atoms with Crippen molar-refractivity contribution in [2.75, 3.05) is 0 Å². The first kappa shape index (κ1) is 12.5. The summed E-state index contributed by atoms with van der Waals surface area (Å²) in [5.74, 6) is 0.136. The van der Waals surface area contributed by atoms with E-state index in [1.54, 1.807) is 12.1 Å². The van der Waals surface area contributed by atoms with Gasteiger partial charge in [-0.05, 0) is 36.8 Å². The molecular formula is C14H11ClO3. The Morgan fingerprint density at radius 2 is 2.11 bits per heavy atom. The Kier molecular flexibility index (Phi) is 3.53. The predicted octanol–water partition coefficient (Wildman–Crippen LogP) is 4.01. The highest BCUT2D eigenvalue weighted by Crippen LogP contribution is 2.27. The number of carboxylic acids is 1. The minimum Gasteiger partial charge on any atom is -0.478 e. The monoisotopic (exact) mass is 262 g/mol. The Hall–Kier alpha value is -2.00. The lowest BCUT2D eigenvalue weighted by Gasteiger charge is -2.00. The number of rotatable bonds is 3. The van der Waals surface area contributed by atoms with E-state index >= 15 is 0 Å². The maximum absolute atomic E-state index is 10.4. The molecule has 2 aromatic rings. The zero-order valence-electron chi connectivity index (χ0n) is 9.68. The van der Waals surface area contributed by atoms with E-state index in [1.807, 2.05) is 25.1 Å². The van der Waals surface area contributed by atoms with E-state index in [0.29, 0.717) is 16.5 Å². The predicted molar refractivity (Wildman–Crippen MR) is 70.6 cm³/mol. The smallest absolute Gasteiger partial charge is 0.328 e. The first-order valence-corrected chi connectivity index (χ1v) is 5.71. The van der Waals surface area contributed by atoms with Gasteiger partial charge in [-0.2, -0.15) is 0 Å². The molecule has 2 rings (SSSR count). The summed E-state index contributed by atoms with van der Waals surface area (Å²) in [5.41, 5.74) is 1.86. The number of carboxylic acid groups (broad SMARTS) is 1. The molecule has 0 radical (unpaired) electrons. The quantitative estimate of drug-likeness (QED) is 0.851. The van der Waals surface area contributed by atoms with Crippen LogP contribution in [0.25, 0.3) is 17.4 Å². The van der Waals surface area contributed by atoms with Crippen LogP contribution in [0.3, 0.4) is 0 Å². The van der Waals surface area contributed by atoms with E-state index in [0.717, 1.165) is 17.2 Å². The molecule has 18 heavy (non-hydrogen) atoms. The number of furan rings is 1. The summed E-state index contributed by atoms with van der Waals surface area (Å²) in [6, 6.07) is 9.13. The molecule has 3 nitrogen and oxygen atoms in total. The Balaban J connectivity index is 2.29. The van der Waals surface area contributed by atoms with Gasteiger partial charge < -0.3 is 9.52 Å². The highest BCUT2D eigenvalue weighted by molar-refractivity contribution is 6.31. The standard InChI is InChI=1S/C14H11ClO3/c1-9-2-3-10(8-12(9)15)13-6-4-11(18-13)5-7-14(16)17/h2-8H,1H3,(H,16,17)/b7-5+. The SMILES string of the molecule is Cc1ccc(-c2ccc(/C=C/C(=O)O)o2)cc1Cl. The summed E-state index contributed by atoms with van der Waals surface area (Å²) in [5, 5.41) is 9.19. The van der Waals surface area contributed by atoms with Crippen molar-refractivity contribution in [2.45, 2.75) is 6.92 Å². The molecule has 0 bridgehead atoms. The molecule has 0 spiro atoms. The summed E-state index contributed by atoms with van der Waals surface area (Å²) in [4.78, 5) is 10.4. The number of benzene rings is 1. The molecule has 0 aliphatic carbocycles. The molecule has 1 N–H and O–H groups in total. The van der Waals surface area contributed by atoms with Gasteiger partial charge in [0.1, 0.15) is 11.5 Å². The summed E-state index contributed by atoms with van der Waals surface area (Å²) >= 11 is 6.04. The first-order valence-electron chi connectivity index (χ1n) is 5.33. The van der Waals surface area contributed by atoms with Crippen LogP contribution in [0.2, 0.25) is 5.02 Å². The number of hydrogen-bond acceptors (Lipinski definition) is 2. The molecule has 0 atom stereocenters. The molecule has 0 unspecified atom stereocenters. The van der Waals surface area contributed by atoms with Crippen molar-refractivity contribution in [3.8, 4) is 11.3 Å². The third kappa shape index (κ3) is 2.81. The molecule has 0 saturated carbocycles. The molecule has 0 saturated heterocycles. The minimum absolute atomic E-state index is 0.490. The van der Waals surface area contributed by atoms with Crippen molar-refractivity contribution in [3.05, 3.63) is 52.8 Å². The largest absolute Gasteiger partial charge is 0.478 e. The Bertz CT molecular complexity index is 611. The summed E-state index contributed by atoms with van der Waals surface area (Å²) in [7, 11) is 0. The summed E-state index contributed by atoms with van der Waals surface area (Å²) < 4.78 is 5.51. The van der Waals surface area contributed by atoms with Crippen LogP contribution in [0.4, 0.5) is 0 Å². The molecule has 0 amide bonds. The van der Waals surface area contributed by atoms with Crippen LogP contribution >= 0.6 is 11.6 Å². The van der Waals surface area contributed by atoms with Crippen molar-refractivity contribution in [1.29, 1.82) is 0 Å². The highest BCUT2D eigenvalue weighted by Gasteiger charge is 2.05. The van der Waals surface area contributed by atoms with Crippen molar-refractivity contribution >= 4 is 23.6 Å². The van der Waals surface area contributed by atoms with Crippen molar-refractivity contribution in [3.63, 3.8) is 0 Å². The first-order chi connectivity index (χ1) is 8.56. The third-order valence-corrected chi connectivity index (χ3v) is 2.88. The molecule has 1 heterocycles. The van der Waals surface area contributed by atoms with Gasteiger partial charge in [0, 0.05) is 16.7 Å². The van der Waals surface area contributed by atoms with Crippen LogP contribution in [0, 0.1) is 6.92 Å². The molecule has 1 aromatic carbocycles. The summed E-state index contributed by atoms with van der Waals surface area (Å²) in [6.45, 7) is 1.93. The lowest BCUT2D eigenvalue weighted by atomic mass is 10.1. The molecular weight excluding hydrogens is 252 g/mol. The molecule has 0 aliphatic rings. The molecule has 0 aliphatic heterocycles. The number of carbonyl (C=O) groups is 1. The van der Waals surface area contributed by atoms with Gasteiger partial charge in [-0.15, -0.1) is 0 Å². The van der Waals surface area contributed by atoms with Gasteiger partial charge in [0.25, 0.3) is 0 Å². The van der Waals surface area contributed by atoms with Crippen LogP contribution in [0.15, 0.2) is 40.8 Å². The van der Waals surface area contributed by atoms with Gasteiger partial charge in [-0.1, -0.05) is 23.7 Å². The second-order valence-electron chi connectivity index (χ2n) is 3.84. The minimum atomic E-state index is -1.01. The zero-order valence-corrected chi connectivity index (χ0v) is 10.4. The maximum Gasteiger partial charge on any atom is 0.328 e. The van der Waals surface area contributed by atoms with E-state index in [2.05, 4.69) is 0 Å². The van der Waals surface area contributed by atoms with Crippen LogP contribution in [0.1, 0.15) is 11.3 Å². The van der Waals surface area contributed by atoms with Crippen LogP contribution < -0.4 is 0 Å². The van der Waals surface area contributed by atoms with Gasteiger partial charge in [-0.3, -0.25) is 0 Å². The third-order valence-electron chi connectivity index (χ3n) is 2.47. The summed E-state index contributed by atoms with van der Waals surface area (Å²) in [6.07, 6.45) is 2.44. The van der Waals surface area contributed by atoms with E-state index in [4.69, 9.17) is 21.1 Å². The number of hydrogen-bond donors (Lipinski definition) is 1. The molecule has 0 fully saturated rings. The number of aliphatic carboxylic acids is 1. The van der Waals surface area contributed by atoms with Gasteiger partial charge in [0.15, 0.2) is 0 Å². The van der Waals surface area contributed by atoms with Gasteiger partial charge >= 0.3 is 5.97 Å². The van der Waals surface area contributed by atoms with Crippen molar-refractivity contribution < 1.29 is 14.3 Å². The van der Waals surface area contributed by atoms with Gasteiger partial charge in [0.2, 0.25) is 0 Å².